The van der Waals surface area contributed by atoms with Gasteiger partial charge in [-0.05, 0) is 44.1 Å². The lowest BCUT2D eigenvalue weighted by Crippen LogP contribution is -1.98. The van der Waals surface area contributed by atoms with Crippen LogP contribution < -0.4 is 19.5 Å². The summed E-state index contributed by atoms with van der Waals surface area (Å²) >= 11 is 1.08. The first-order chi connectivity index (χ1) is 14.5. The molecule has 160 valence electrons. The Balaban J connectivity index is 1.92. The first-order valence-corrected chi connectivity index (χ1v) is 9.83. The molecule has 1 heterocycles. The summed E-state index contributed by atoms with van der Waals surface area (Å²) in [4.78, 5) is 0.559. The third-order valence-corrected chi connectivity index (χ3v) is 4.90. The Morgan fingerprint density at radius 1 is 1.30 bits per heavy atom. The number of nitrogens with zero attached hydrogens (tertiary/aromatic N) is 1. The van der Waals surface area contributed by atoms with E-state index < -0.39 is 12.2 Å². The van der Waals surface area contributed by atoms with E-state index in [0.29, 0.717) is 28.2 Å². The zero-order valence-electron chi connectivity index (χ0n) is 16.5. The van der Waals surface area contributed by atoms with E-state index in [1.165, 1.54) is 31.4 Å². The molecule has 6 nitrogen and oxygen atoms in total. The van der Waals surface area contributed by atoms with E-state index in [-0.39, 0.29) is 22.8 Å². The van der Waals surface area contributed by atoms with Crippen molar-refractivity contribution in [3.8, 4) is 11.5 Å². The number of nitrogens with one attached hydrogen (secondary N) is 2. The van der Waals surface area contributed by atoms with Gasteiger partial charge in [-0.3, -0.25) is 0 Å². The second-order valence-electron chi connectivity index (χ2n) is 5.96. The zero-order valence-corrected chi connectivity index (χ0v) is 17.3. The number of aromatic nitrogens is 1. The van der Waals surface area contributed by atoms with E-state index in [2.05, 4.69) is 15.2 Å². The highest BCUT2D eigenvalue weighted by Crippen LogP contribution is 2.41. The molecule has 0 fully saturated rings. The highest BCUT2D eigenvalue weighted by atomic mass is 32.2. The van der Waals surface area contributed by atoms with Crippen LogP contribution in [0.4, 0.5) is 24.7 Å². The van der Waals surface area contributed by atoms with Gasteiger partial charge in [0.05, 0.1) is 24.3 Å². The number of benzene rings is 2. The molecule has 3 aromatic rings. The Labute approximate surface area is 175 Å². The van der Waals surface area contributed by atoms with E-state index in [9.17, 15) is 13.2 Å². The monoisotopic (exact) mass is 439 g/mol. The molecule has 3 rings (SSSR count). The van der Waals surface area contributed by atoms with E-state index in [1.54, 1.807) is 26.1 Å². The Morgan fingerprint density at radius 3 is 2.77 bits per heavy atom. The van der Waals surface area contributed by atoms with Crippen molar-refractivity contribution in [2.45, 2.75) is 25.2 Å². The number of fused-ring (bicyclic) bond motifs is 1. The number of hydrogen-bond donors (Lipinski definition) is 2. The van der Waals surface area contributed by atoms with Crippen molar-refractivity contribution >= 4 is 34.4 Å². The molecular weight excluding hydrogens is 419 g/mol. The minimum absolute atomic E-state index is 0.0399. The highest BCUT2D eigenvalue weighted by molar-refractivity contribution is 8.00. The number of anilines is 2. The Bertz CT molecular complexity index is 1060. The zero-order chi connectivity index (χ0) is 21.7. The van der Waals surface area contributed by atoms with Crippen LogP contribution in [-0.2, 0) is 0 Å². The van der Waals surface area contributed by atoms with Gasteiger partial charge in [0.1, 0.15) is 11.1 Å². The van der Waals surface area contributed by atoms with Gasteiger partial charge in [-0.2, -0.15) is 0 Å². The number of rotatable bonds is 9. The molecule has 2 N–H and O–H groups in total. The molecule has 2 aromatic carbocycles. The lowest BCUT2D eigenvalue weighted by atomic mass is 10.2. The maximum absolute atomic E-state index is 14.8. The van der Waals surface area contributed by atoms with Gasteiger partial charge in [0, 0.05) is 11.6 Å². The summed E-state index contributed by atoms with van der Waals surface area (Å²) in [7, 11) is 1.34. The fraction of sp³-hybridized carbons (Fsp3) is 0.250. The molecule has 0 radical (unpaired) electrons. The highest BCUT2D eigenvalue weighted by Gasteiger charge is 2.22. The molecule has 0 bridgehead atoms. The second kappa shape index (κ2) is 9.66. The summed E-state index contributed by atoms with van der Waals surface area (Å²) in [6.07, 6.45) is 0.691. The SMILES string of the molecule is C/C=C/Nc1cc2onc(NSc3ccc(C(F)F)cc3OCC)c2c(OC)c1F. The first-order valence-electron chi connectivity index (χ1n) is 9.01. The fourth-order valence-corrected chi connectivity index (χ4v) is 3.40. The summed E-state index contributed by atoms with van der Waals surface area (Å²) in [5.74, 6) is -0.113. The van der Waals surface area contributed by atoms with E-state index >= 15 is 0 Å². The summed E-state index contributed by atoms with van der Waals surface area (Å²) < 4.78 is 59.7. The first kappa shape index (κ1) is 21.7. The number of ether oxygens (including phenoxy) is 2. The van der Waals surface area contributed by atoms with Gasteiger partial charge < -0.3 is 24.0 Å². The van der Waals surface area contributed by atoms with Crippen LogP contribution >= 0.6 is 11.9 Å². The van der Waals surface area contributed by atoms with E-state index in [4.69, 9.17) is 14.0 Å². The number of alkyl halides is 2. The minimum Gasteiger partial charge on any atom is -0.493 e. The second-order valence-corrected chi connectivity index (χ2v) is 6.81. The van der Waals surface area contributed by atoms with Crippen LogP contribution in [-0.4, -0.2) is 18.9 Å². The summed E-state index contributed by atoms with van der Waals surface area (Å²) in [5, 5.41) is 7.06. The third kappa shape index (κ3) is 4.43. The Kier molecular flexibility index (Phi) is 6.99. The normalized spacial score (nSPS) is 11.4. The van der Waals surface area contributed by atoms with E-state index in [1.807, 2.05) is 0 Å². The molecule has 1 aromatic heterocycles. The van der Waals surface area contributed by atoms with Gasteiger partial charge in [-0.15, -0.1) is 0 Å². The molecule has 10 heteroatoms. The van der Waals surface area contributed by atoms with Crippen LogP contribution in [0.25, 0.3) is 11.0 Å². The quantitative estimate of drug-likeness (QED) is 0.375. The topological polar surface area (TPSA) is 68.6 Å². The molecule has 0 aliphatic heterocycles. The molecular formula is C20H20F3N3O3S. The van der Waals surface area contributed by atoms with Crippen molar-refractivity contribution in [1.29, 1.82) is 0 Å². The fourth-order valence-electron chi connectivity index (χ4n) is 2.70. The van der Waals surface area contributed by atoms with Crippen LogP contribution in [0.5, 0.6) is 11.5 Å². The minimum atomic E-state index is -2.60. The van der Waals surface area contributed by atoms with Crippen molar-refractivity contribution < 1.29 is 27.2 Å². The predicted molar refractivity (Wildman–Crippen MR) is 111 cm³/mol. The number of methoxy groups -OCH3 is 1. The smallest absolute Gasteiger partial charge is 0.263 e. The van der Waals surface area contributed by atoms with Crippen LogP contribution in [0.15, 0.2) is 46.0 Å². The molecule has 0 atom stereocenters. The number of halogens is 3. The molecule has 0 aliphatic rings. The Morgan fingerprint density at radius 2 is 2.10 bits per heavy atom. The summed E-state index contributed by atoms with van der Waals surface area (Å²) in [6.45, 7) is 3.86. The van der Waals surface area contributed by atoms with Crippen molar-refractivity contribution in [2.75, 3.05) is 23.8 Å². The van der Waals surface area contributed by atoms with Gasteiger partial charge in [-0.25, -0.2) is 13.2 Å². The van der Waals surface area contributed by atoms with Crippen molar-refractivity contribution in [2.24, 2.45) is 0 Å². The van der Waals surface area contributed by atoms with Crippen molar-refractivity contribution in [3.05, 3.63) is 47.9 Å². The van der Waals surface area contributed by atoms with Crippen LogP contribution in [0, 0.1) is 5.82 Å². The third-order valence-electron chi connectivity index (χ3n) is 4.04. The molecule has 0 aliphatic carbocycles. The molecule has 0 saturated carbocycles. The Hall–Kier alpha value is -3.01. The lowest BCUT2D eigenvalue weighted by molar-refractivity contribution is 0.150. The van der Waals surface area contributed by atoms with Gasteiger partial charge in [0.2, 0.25) is 0 Å². The molecule has 0 amide bonds. The largest absolute Gasteiger partial charge is 0.493 e. The molecule has 0 unspecified atom stereocenters. The van der Waals surface area contributed by atoms with Gasteiger partial charge in [-0.1, -0.05) is 17.3 Å². The predicted octanol–water partition coefficient (Wildman–Crippen LogP) is 6.38. The summed E-state index contributed by atoms with van der Waals surface area (Å²) in [6, 6.07) is 5.60. The number of hydrogen-bond acceptors (Lipinski definition) is 7. The standard InChI is InChI=1S/C20H20F3N3O3S/c1-4-8-24-12-10-14-16(18(27-3)17(12)21)20(25-29-14)26-30-15-7-6-11(19(22)23)9-13(15)28-5-2/h4,6-10,19,24H,5H2,1-3H3,(H,25,26)/b8-4+. The van der Waals surface area contributed by atoms with Gasteiger partial charge in [0.15, 0.2) is 23.0 Å². The van der Waals surface area contributed by atoms with Gasteiger partial charge >= 0.3 is 0 Å². The maximum Gasteiger partial charge on any atom is 0.263 e. The van der Waals surface area contributed by atoms with E-state index in [0.717, 1.165) is 11.9 Å². The number of allylic oxidation sites excluding steroid dienone is 1. The average molecular weight is 439 g/mol. The molecule has 0 spiro atoms. The van der Waals surface area contributed by atoms with Gasteiger partial charge in [0.25, 0.3) is 6.43 Å². The molecule has 30 heavy (non-hydrogen) atoms. The van der Waals surface area contributed by atoms with Crippen LogP contribution in [0.2, 0.25) is 0 Å². The van der Waals surface area contributed by atoms with Crippen LogP contribution in [0.1, 0.15) is 25.8 Å². The molecule has 0 saturated heterocycles. The summed E-state index contributed by atoms with van der Waals surface area (Å²) in [5.41, 5.74) is 0.343. The maximum atomic E-state index is 14.8. The average Bonchev–Trinajstić information content (AvgIpc) is 3.14. The van der Waals surface area contributed by atoms with Crippen molar-refractivity contribution in [1.82, 2.24) is 5.16 Å². The lowest BCUT2D eigenvalue weighted by Gasteiger charge is -2.12. The van der Waals surface area contributed by atoms with Crippen molar-refractivity contribution in [3.63, 3.8) is 0 Å². The van der Waals surface area contributed by atoms with Crippen LogP contribution in [0.3, 0.4) is 0 Å².